The average molecular weight is 305 g/mol. The molecule has 3 aromatic heterocycles. The smallest absolute Gasteiger partial charge is 0.330 e. The SMILES string of the molecule is CCCn1c(=O)[nH]c(=O)c2[nH]c(-c3sc(C)nc3C)nc21. The Hall–Kier alpha value is -2.22. The monoisotopic (exact) mass is 305 g/mol. The van der Waals surface area contributed by atoms with Crippen molar-refractivity contribution in [3.63, 3.8) is 0 Å². The molecule has 0 aliphatic carbocycles. The number of aromatic nitrogens is 5. The Morgan fingerprint density at radius 1 is 1.19 bits per heavy atom. The molecule has 0 saturated heterocycles. The number of H-pyrrole nitrogens is 2. The Balaban J connectivity index is 2.31. The van der Waals surface area contributed by atoms with Crippen molar-refractivity contribution in [2.24, 2.45) is 0 Å². The van der Waals surface area contributed by atoms with Gasteiger partial charge in [-0.3, -0.25) is 14.3 Å². The lowest BCUT2D eigenvalue weighted by molar-refractivity contribution is 0.653. The van der Waals surface area contributed by atoms with Crippen LogP contribution in [0.4, 0.5) is 0 Å². The molecule has 8 heteroatoms. The maximum absolute atomic E-state index is 11.9. The molecular weight excluding hydrogens is 290 g/mol. The molecule has 21 heavy (non-hydrogen) atoms. The van der Waals surface area contributed by atoms with Crippen molar-refractivity contribution >= 4 is 22.5 Å². The second kappa shape index (κ2) is 4.96. The predicted octanol–water partition coefficient (Wildman–Crippen LogP) is 1.56. The van der Waals surface area contributed by atoms with Crippen LogP contribution in [0.1, 0.15) is 24.0 Å². The van der Waals surface area contributed by atoms with Crippen LogP contribution in [-0.4, -0.2) is 24.5 Å². The van der Waals surface area contributed by atoms with Gasteiger partial charge in [-0.2, -0.15) is 0 Å². The Morgan fingerprint density at radius 2 is 1.95 bits per heavy atom. The van der Waals surface area contributed by atoms with Crippen LogP contribution in [0.25, 0.3) is 21.9 Å². The largest absolute Gasteiger partial charge is 0.331 e. The van der Waals surface area contributed by atoms with E-state index < -0.39 is 11.2 Å². The predicted molar refractivity (Wildman–Crippen MR) is 81.8 cm³/mol. The van der Waals surface area contributed by atoms with E-state index in [4.69, 9.17) is 0 Å². The first kappa shape index (κ1) is 13.7. The van der Waals surface area contributed by atoms with Gasteiger partial charge in [-0.05, 0) is 20.3 Å². The van der Waals surface area contributed by atoms with Crippen LogP contribution in [0.15, 0.2) is 9.59 Å². The van der Waals surface area contributed by atoms with Gasteiger partial charge < -0.3 is 4.98 Å². The number of rotatable bonds is 3. The lowest BCUT2D eigenvalue weighted by Crippen LogP contribution is -2.30. The summed E-state index contributed by atoms with van der Waals surface area (Å²) in [6.45, 7) is 6.30. The third-order valence-electron chi connectivity index (χ3n) is 3.20. The van der Waals surface area contributed by atoms with Gasteiger partial charge in [0.1, 0.15) is 5.52 Å². The van der Waals surface area contributed by atoms with Crippen molar-refractivity contribution in [3.8, 4) is 10.7 Å². The zero-order chi connectivity index (χ0) is 15.1. The average Bonchev–Trinajstić information content (AvgIpc) is 2.98. The molecule has 0 fully saturated rings. The number of aryl methyl sites for hydroxylation is 3. The van der Waals surface area contributed by atoms with Crippen molar-refractivity contribution in [1.29, 1.82) is 0 Å². The summed E-state index contributed by atoms with van der Waals surface area (Å²) in [6.07, 6.45) is 0.780. The van der Waals surface area contributed by atoms with E-state index in [2.05, 4.69) is 19.9 Å². The van der Waals surface area contributed by atoms with Crippen LogP contribution in [0.3, 0.4) is 0 Å². The van der Waals surface area contributed by atoms with Gasteiger partial charge in [-0.15, -0.1) is 11.3 Å². The second-order valence-corrected chi connectivity index (χ2v) is 6.05. The summed E-state index contributed by atoms with van der Waals surface area (Å²) >= 11 is 1.51. The summed E-state index contributed by atoms with van der Waals surface area (Å²) in [5.41, 5.74) is 0.705. The zero-order valence-corrected chi connectivity index (χ0v) is 12.8. The molecule has 3 rings (SSSR count). The Bertz CT molecular complexity index is 930. The van der Waals surface area contributed by atoms with E-state index in [0.29, 0.717) is 23.5 Å². The van der Waals surface area contributed by atoms with Crippen LogP contribution in [0.5, 0.6) is 0 Å². The minimum Gasteiger partial charge on any atom is -0.331 e. The topological polar surface area (TPSA) is 96.4 Å². The van der Waals surface area contributed by atoms with Crippen LogP contribution < -0.4 is 11.2 Å². The number of thiazole rings is 1. The van der Waals surface area contributed by atoms with Crippen molar-refractivity contribution in [2.75, 3.05) is 0 Å². The third-order valence-corrected chi connectivity index (χ3v) is 4.28. The second-order valence-electron chi connectivity index (χ2n) is 4.84. The summed E-state index contributed by atoms with van der Waals surface area (Å²) in [5, 5.41) is 0.933. The number of fused-ring (bicyclic) bond motifs is 1. The van der Waals surface area contributed by atoms with Gasteiger partial charge >= 0.3 is 5.69 Å². The molecule has 0 saturated carbocycles. The molecule has 3 aromatic rings. The number of nitrogens with zero attached hydrogens (tertiary/aromatic N) is 3. The van der Waals surface area contributed by atoms with Crippen molar-refractivity contribution in [2.45, 2.75) is 33.7 Å². The van der Waals surface area contributed by atoms with Gasteiger partial charge in [0.05, 0.1) is 15.6 Å². The highest BCUT2D eigenvalue weighted by Crippen LogP contribution is 2.28. The maximum atomic E-state index is 11.9. The van der Waals surface area contributed by atoms with E-state index in [9.17, 15) is 9.59 Å². The molecule has 110 valence electrons. The van der Waals surface area contributed by atoms with E-state index in [1.54, 1.807) is 0 Å². The minimum absolute atomic E-state index is 0.323. The summed E-state index contributed by atoms with van der Waals surface area (Å²) in [6, 6.07) is 0. The first-order valence-electron chi connectivity index (χ1n) is 6.68. The van der Waals surface area contributed by atoms with Crippen molar-refractivity contribution in [3.05, 3.63) is 31.5 Å². The fourth-order valence-corrected chi connectivity index (χ4v) is 3.20. The highest BCUT2D eigenvalue weighted by molar-refractivity contribution is 7.15. The molecule has 7 nitrogen and oxygen atoms in total. The molecule has 0 amide bonds. The Kier molecular flexibility index (Phi) is 3.25. The fraction of sp³-hybridized carbons (Fsp3) is 0.385. The molecular formula is C13H15N5O2S. The molecule has 0 unspecified atom stereocenters. The van der Waals surface area contributed by atoms with Crippen LogP contribution >= 0.6 is 11.3 Å². The van der Waals surface area contributed by atoms with Gasteiger partial charge in [-0.1, -0.05) is 6.92 Å². The van der Waals surface area contributed by atoms with E-state index in [1.165, 1.54) is 15.9 Å². The summed E-state index contributed by atoms with van der Waals surface area (Å²) in [7, 11) is 0. The molecule has 3 heterocycles. The molecule has 0 bridgehead atoms. The van der Waals surface area contributed by atoms with Crippen molar-refractivity contribution < 1.29 is 0 Å². The Labute approximate surface area is 123 Å². The number of hydrogen-bond acceptors (Lipinski definition) is 5. The first-order valence-corrected chi connectivity index (χ1v) is 7.50. The lowest BCUT2D eigenvalue weighted by atomic mass is 10.4. The normalized spacial score (nSPS) is 11.4. The summed E-state index contributed by atoms with van der Waals surface area (Å²) < 4.78 is 1.49. The quantitative estimate of drug-likeness (QED) is 0.767. The van der Waals surface area contributed by atoms with Gasteiger partial charge in [-0.25, -0.2) is 14.8 Å². The molecule has 0 radical (unpaired) electrons. The third kappa shape index (κ3) is 2.21. The molecule has 0 aromatic carbocycles. The van der Waals surface area contributed by atoms with E-state index >= 15 is 0 Å². The van der Waals surface area contributed by atoms with E-state index in [1.807, 2.05) is 20.8 Å². The van der Waals surface area contributed by atoms with Crippen LogP contribution in [0.2, 0.25) is 0 Å². The fourth-order valence-electron chi connectivity index (χ4n) is 2.33. The molecule has 0 atom stereocenters. The van der Waals surface area contributed by atoms with Crippen molar-refractivity contribution in [1.82, 2.24) is 24.5 Å². The van der Waals surface area contributed by atoms with E-state index in [0.717, 1.165) is 22.0 Å². The van der Waals surface area contributed by atoms with Gasteiger partial charge in [0.15, 0.2) is 11.5 Å². The number of aromatic amines is 2. The number of imidazole rings is 1. The number of nitrogens with one attached hydrogen (secondary N) is 2. The van der Waals surface area contributed by atoms with Gasteiger partial charge in [0.25, 0.3) is 5.56 Å². The first-order chi connectivity index (χ1) is 10.0. The minimum atomic E-state index is -0.444. The van der Waals surface area contributed by atoms with Gasteiger partial charge in [0.2, 0.25) is 0 Å². The highest BCUT2D eigenvalue weighted by Gasteiger charge is 2.16. The molecule has 0 aliphatic heterocycles. The molecule has 0 spiro atoms. The summed E-state index contributed by atoms with van der Waals surface area (Å²) in [5.74, 6) is 0.578. The van der Waals surface area contributed by atoms with E-state index in [-0.39, 0.29) is 0 Å². The number of hydrogen-bond donors (Lipinski definition) is 2. The molecule has 0 aliphatic rings. The van der Waals surface area contributed by atoms with Crippen LogP contribution in [-0.2, 0) is 6.54 Å². The standard InChI is InChI=1S/C13H15N5O2S/c1-4-5-18-11-8(12(19)17-13(18)20)15-10(16-11)9-6(2)14-7(3)21-9/h4-5H2,1-3H3,(H,15,16)(H,17,19,20). The maximum Gasteiger partial charge on any atom is 0.330 e. The summed E-state index contributed by atoms with van der Waals surface area (Å²) in [4.78, 5) is 38.9. The molecule has 2 N–H and O–H groups in total. The Morgan fingerprint density at radius 3 is 2.57 bits per heavy atom. The zero-order valence-electron chi connectivity index (χ0n) is 12.0. The van der Waals surface area contributed by atoms with Crippen LogP contribution in [0, 0.1) is 13.8 Å². The lowest BCUT2D eigenvalue weighted by Gasteiger charge is -2.02. The van der Waals surface area contributed by atoms with Gasteiger partial charge in [0, 0.05) is 6.54 Å². The highest BCUT2D eigenvalue weighted by atomic mass is 32.1.